The molecule has 0 saturated carbocycles. The molecule has 2 fully saturated rings. The van der Waals surface area contributed by atoms with Gasteiger partial charge in [-0.3, -0.25) is 19.5 Å². The molecule has 1 aromatic heterocycles. The number of piperidine rings is 1. The van der Waals surface area contributed by atoms with E-state index in [2.05, 4.69) is 15.2 Å². The van der Waals surface area contributed by atoms with E-state index in [0.717, 1.165) is 38.9 Å². The monoisotopic (exact) mass is 336 g/mol. The van der Waals surface area contributed by atoms with Gasteiger partial charge in [0.05, 0.1) is 16.6 Å². The van der Waals surface area contributed by atoms with Gasteiger partial charge in [-0.15, -0.1) is 0 Å². The zero-order chi connectivity index (χ0) is 16.4. The summed E-state index contributed by atoms with van der Waals surface area (Å²) in [7, 11) is 1.86. The highest BCUT2D eigenvalue weighted by Crippen LogP contribution is 2.21. The van der Waals surface area contributed by atoms with Crippen LogP contribution in [-0.2, 0) is 4.79 Å². The second-order valence-electron chi connectivity index (χ2n) is 6.24. The van der Waals surface area contributed by atoms with Crippen LogP contribution < -0.4 is 5.32 Å². The third-order valence-electron chi connectivity index (χ3n) is 4.67. The summed E-state index contributed by atoms with van der Waals surface area (Å²) in [5, 5.41) is 3.49. The molecular formula is C16H21ClN4O2. The Balaban J connectivity index is 1.51. The molecule has 1 unspecified atom stereocenters. The Labute approximate surface area is 140 Å². The molecule has 1 N–H and O–H groups in total. The zero-order valence-electron chi connectivity index (χ0n) is 13.2. The van der Waals surface area contributed by atoms with Crippen molar-refractivity contribution in [3.05, 3.63) is 29.0 Å². The Morgan fingerprint density at radius 2 is 2.00 bits per heavy atom. The van der Waals surface area contributed by atoms with Gasteiger partial charge in [0.25, 0.3) is 5.91 Å². The predicted octanol–water partition coefficient (Wildman–Crippen LogP) is 1.16. The maximum atomic E-state index is 12.2. The van der Waals surface area contributed by atoms with Crippen LogP contribution in [0.4, 0.5) is 0 Å². The van der Waals surface area contributed by atoms with Crippen molar-refractivity contribution in [2.24, 2.45) is 0 Å². The van der Waals surface area contributed by atoms with Gasteiger partial charge in [-0.05, 0) is 25.3 Å². The minimum Gasteiger partial charge on any atom is -0.349 e. The summed E-state index contributed by atoms with van der Waals surface area (Å²) < 4.78 is 0. The average molecular weight is 337 g/mol. The molecule has 2 aliphatic rings. The van der Waals surface area contributed by atoms with Gasteiger partial charge < -0.3 is 10.2 Å². The molecule has 23 heavy (non-hydrogen) atoms. The van der Waals surface area contributed by atoms with Crippen LogP contribution in [0.1, 0.15) is 29.6 Å². The van der Waals surface area contributed by atoms with Gasteiger partial charge in [0, 0.05) is 45.1 Å². The summed E-state index contributed by atoms with van der Waals surface area (Å²) >= 11 is 5.86. The fourth-order valence-corrected chi connectivity index (χ4v) is 3.48. The van der Waals surface area contributed by atoms with Crippen molar-refractivity contribution in [1.29, 1.82) is 0 Å². The Morgan fingerprint density at radius 1 is 1.26 bits per heavy atom. The van der Waals surface area contributed by atoms with Crippen molar-refractivity contribution in [2.45, 2.75) is 31.3 Å². The van der Waals surface area contributed by atoms with E-state index in [1.165, 1.54) is 12.4 Å². The Morgan fingerprint density at radius 3 is 2.61 bits per heavy atom. The van der Waals surface area contributed by atoms with Gasteiger partial charge in [0.2, 0.25) is 5.91 Å². The van der Waals surface area contributed by atoms with E-state index in [4.69, 9.17) is 11.6 Å². The van der Waals surface area contributed by atoms with Crippen molar-refractivity contribution in [1.82, 2.24) is 20.1 Å². The SMILES string of the molecule is CN1CCC(N2CCC(NC(=O)c3cncc(Cl)c3)CC2)C1=O. The molecule has 0 aromatic carbocycles. The van der Waals surface area contributed by atoms with Gasteiger partial charge in [0.1, 0.15) is 0 Å². The quantitative estimate of drug-likeness (QED) is 0.899. The number of likely N-dealkylation sites (tertiary alicyclic amines) is 2. The van der Waals surface area contributed by atoms with Crippen LogP contribution in [0.25, 0.3) is 0 Å². The van der Waals surface area contributed by atoms with Gasteiger partial charge >= 0.3 is 0 Å². The number of carbonyl (C=O) groups excluding carboxylic acids is 2. The predicted molar refractivity (Wildman–Crippen MR) is 87.4 cm³/mol. The first kappa shape index (κ1) is 16.2. The van der Waals surface area contributed by atoms with Crippen LogP contribution in [0.15, 0.2) is 18.5 Å². The highest BCUT2D eigenvalue weighted by Gasteiger charge is 2.35. The Kier molecular flexibility index (Phi) is 4.82. The normalized spacial score (nSPS) is 23.3. The number of likely N-dealkylation sites (N-methyl/N-ethyl adjacent to an activating group) is 1. The lowest BCUT2D eigenvalue weighted by Gasteiger charge is -2.35. The number of carbonyl (C=O) groups is 2. The zero-order valence-corrected chi connectivity index (χ0v) is 13.9. The molecule has 0 spiro atoms. The van der Waals surface area contributed by atoms with Gasteiger partial charge in [0.15, 0.2) is 0 Å². The fourth-order valence-electron chi connectivity index (χ4n) is 3.30. The summed E-state index contributed by atoms with van der Waals surface area (Å²) in [4.78, 5) is 32.3. The molecule has 0 aliphatic carbocycles. The number of hydrogen-bond donors (Lipinski definition) is 1. The van der Waals surface area contributed by atoms with Crippen LogP contribution >= 0.6 is 11.6 Å². The molecule has 0 bridgehead atoms. The second-order valence-corrected chi connectivity index (χ2v) is 6.68. The number of nitrogens with one attached hydrogen (secondary N) is 1. The van der Waals surface area contributed by atoms with E-state index < -0.39 is 0 Å². The number of rotatable bonds is 3. The summed E-state index contributed by atoms with van der Waals surface area (Å²) in [5.41, 5.74) is 0.479. The second kappa shape index (κ2) is 6.84. The summed E-state index contributed by atoms with van der Waals surface area (Å²) in [5.74, 6) is 0.0765. The molecule has 7 heteroatoms. The minimum absolute atomic E-state index is 0.0220. The van der Waals surface area contributed by atoms with E-state index in [0.29, 0.717) is 10.6 Å². The van der Waals surface area contributed by atoms with E-state index in [9.17, 15) is 9.59 Å². The average Bonchev–Trinajstić information content (AvgIpc) is 2.88. The third kappa shape index (κ3) is 3.64. The van der Waals surface area contributed by atoms with Crippen LogP contribution in [0.5, 0.6) is 0 Å². The van der Waals surface area contributed by atoms with Crippen LogP contribution in [-0.4, -0.2) is 65.4 Å². The molecule has 2 amide bonds. The van der Waals surface area contributed by atoms with E-state index >= 15 is 0 Å². The molecule has 2 saturated heterocycles. The molecule has 0 radical (unpaired) electrons. The topological polar surface area (TPSA) is 65.5 Å². The van der Waals surface area contributed by atoms with Crippen LogP contribution in [0.2, 0.25) is 5.02 Å². The Bertz CT molecular complexity index is 601. The molecule has 1 atom stereocenters. The smallest absolute Gasteiger partial charge is 0.253 e. The maximum Gasteiger partial charge on any atom is 0.253 e. The van der Waals surface area contributed by atoms with Crippen molar-refractivity contribution in [2.75, 3.05) is 26.7 Å². The van der Waals surface area contributed by atoms with Gasteiger partial charge in [-0.25, -0.2) is 0 Å². The molecule has 1 aromatic rings. The first-order chi connectivity index (χ1) is 11.0. The van der Waals surface area contributed by atoms with E-state index in [1.807, 2.05) is 7.05 Å². The molecule has 3 heterocycles. The summed E-state index contributed by atoms with van der Waals surface area (Å²) in [6, 6.07) is 1.77. The third-order valence-corrected chi connectivity index (χ3v) is 4.88. The first-order valence-corrected chi connectivity index (χ1v) is 8.33. The van der Waals surface area contributed by atoms with Crippen molar-refractivity contribution in [3.63, 3.8) is 0 Å². The summed E-state index contributed by atoms with van der Waals surface area (Å²) in [6.45, 7) is 2.51. The number of aromatic nitrogens is 1. The minimum atomic E-state index is -0.143. The number of amides is 2. The van der Waals surface area contributed by atoms with Gasteiger partial charge in [-0.1, -0.05) is 11.6 Å². The highest BCUT2D eigenvalue weighted by molar-refractivity contribution is 6.30. The van der Waals surface area contributed by atoms with Crippen molar-refractivity contribution >= 4 is 23.4 Å². The lowest BCUT2D eigenvalue weighted by molar-refractivity contribution is -0.131. The molecule has 3 rings (SSSR count). The van der Waals surface area contributed by atoms with E-state index in [1.54, 1.807) is 11.0 Å². The highest BCUT2D eigenvalue weighted by atomic mass is 35.5. The summed E-state index contributed by atoms with van der Waals surface area (Å²) in [6.07, 6.45) is 5.64. The van der Waals surface area contributed by atoms with Gasteiger partial charge in [-0.2, -0.15) is 0 Å². The van der Waals surface area contributed by atoms with Crippen LogP contribution in [0, 0.1) is 0 Å². The maximum absolute atomic E-state index is 12.2. The fraction of sp³-hybridized carbons (Fsp3) is 0.562. The molecular weight excluding hydrogens is 316 g/mol. The number of halogens is 1. The molecule has 6 nitrogen and oxygen atoms in total. The molecule has 2 aliphatic heterocycles. The lowest BCUT2D eigenvalue weighted by Crippen LogP contribution is -2.50. The number of pyridine rings is 1. The largest absolute Gasteiger partial charge is 0.349 e. The number of nitrogens with zero attached hydrogens (tertiary/aromatic N) is 3. The van der Waals surface area contributed by atoms with Crippen LogP contribution in [0.3, 0.4) is 0 Å². The van der Waals surface area contributed by atoms with Crippen molar-refractivity contribution < 1.29 is 9.59 Å². The lowest BCUT2D eigenvalue weighted by atomic mass is 10.0. The van der Waals surface area contributed by atoms with Crippen molar-refractivity contribution in [3.8, 4) is 0 Å². The molecule has 124 valence electrons. The standard InChI is InChI=1S/C16H21ClN4O2/c1-20-5-4-14(16(20)23)21-6-2-13(3-7-21)19-15(22)11-8-12(17)10-18-9-11/h8-10,13-14H,2-7H2,1H3,(H,19,22). The Hall–Kier alpha value is -1.66. The first-order valence-electron chi connectivity index (χ1n) is 7.95. The number of hydrogen-bond acceptors (Lipinski definition) is 4. The van der Waals surface area contributed by atoms with E-state index in [-0.39, 0.29) is 23.9 Å².